The summed E-state index contributed by atoms with van der Waals surface area (Å²) in [5, 5.41) is 3.86. The minimum absolute atomic E-state index is 0.0490. The smallest absolute Gasteiger partial charge is 0.340 e. The zero-order valence-electron chi connectivity index (χ0n) is 23.5. The van der Waals surface area contributed by atoms with Crippen LogP contribution in [0.1, 0.15) is 42.3 Å². The molecule has 4 aromatic carbocycles. The Hall–Kier alpha value is -4.23. The number of halogens is 1. The predicted molar refractivity (Wildman–Crippen MR) is 161 cm³/mol. The molecule has 0 fully saturated rings. The van der Waals surface area contributed by atoms with Gasteiger partial charge in [-0.25, -0.2) is 9.18 Å². The molecule has 0 radical (unpaired) electrons. The number of hydrogen-bond acceptors (Lipinski definition) is 4. The van der Waals surface area contributed by atoms with Gasteiger partial charge < -0.3 is 14.5 Å². The van der Waals surface area contributed by atoms with Crippen LogP contribution >= 0.6 is 0 Å². The van der Waals surface area contributed by atoms with Gasteiger partial charge in [0, 0.05) is 11.5 Å². The van der Waals surface area contributed by atoms with Gasteiger partial charge in [-0.05, 0) is 65.0 Å². The lowest BCUT2D eigenvalue weighted by molar-refractivity contribution is -0.111. The number of amides is 1. The van der Waals surface area contributed by atoms with Crippen molar-refractivity contribution in [1.29, 1.82) is 0 Å². The first-order valence-electron chi connectivity index (χ1n) is 13.1. The molecule has 7 heteroatoms. The van der Waals surface area contributed by atoms with Gasteiger partial charge in [-0.3, -0.25) is 4.79 Å². The van der Waals surface area contributed by atoms with Crippen LogP contribution in [0.25, 0.3) is 16.8 Å². The number of para-hydroxylation sites is 1. The molecule has 206 valence electrons. The maximum atomic E-state index is 15.3. The lowest BCUT2D eigenvalue weighted by atomic mass is 10.1. The Morgan fingerprint density at radius 2 is 1.62 bits per heavy atom. The quantitative estimate of drug-likeness (QED) is 0.135. The van der Waals surface area contributed by atoms with Gasteiger partial charge in [0.15, 0.2) is 5.82 Å². The number of carbonyl (C=O) groups excluding carboxylic acids is 2. The summed E-state index contributed by atoms with van der Waals surface area (Å²) in [6.45, 7) is 10.6. The highest BCUT2D eigenvalue weighted by Crippen LogP contribution is 2.39. The number of benzene rings is 4. The second kappa shape index (κ2) is 11.9. The van der Waals surface area contributed by atoms with E-state index in [1.807, 2.05) is 42.5 Å². The van der Waals surface area contributed by atoms with E-state index in [0.29, 0.717) is 16.5 Å². The van der Waals surface area contributed by atoms with Crippen molar-refractivity contribution in [2.75, 3.05) is 5.32 Å². The highest BCUT2D eigenvalue weighted by Gasteiger charge is 2.39. The predicted octanol–water partition coefficient (Wildman–Crippen LogP) is 8.37. The minimum atomic E-state index is -2.19. The molecular weight excluding hydrogens is 521 g/mol. The van der Waals surface area contributed by atoms with Crippen LogP contribution in [0.2, 0.25) is 18.1 Å². The largest absolute Gasteiger partial charge is 0.542 e. The second-order valence-corrected chi connectivity index (χ2v) is 15.9. The first-order valence-corrected chi connectivity index (χ1v) is 16.1. The van der Waals surface area contributed by atoms with E-state index in [4.69, 9.17) is 9.16 Å². The third-order valence-corrected chi connectivity index (χ3v) is 11.5. The van der Waals surface area contributed by atoms with Crippen molar-refractivity contribution in [2.45, 2.75) is 45.5 Å². The van der Waals surface area contributed by atoms with E-state index >= 15 is 4.39 Å². The van der Waals surface area contributed by atoms with E-state index in [2.05, 4.69) is 39.2 Å². The van der Waals surface area contributed by atoms with E-state index in [0.717, 1.165) is 11.1 Å². The second-order valence-electron chi connectivity index (χ2n) is 11.2. The molecule has 4 rings (SSSR count). The van der Waals surface area contributed by atoms with Gasteiger partial charge in [0.25, 0.3) is 8.32 Å². The van der Waals surface area contributed by atoms with E-state index < -0.39 is 20.2 Å². The molecule has 1 N–H and O–H groups in total. The van der Waals surface area contributed by atoms with Crippen molar-refractivity contribution < 1.29 is 23.1 Å². The van der Waals surface area contributed by atoms with Crippen molar-refractivity contribution in [3.05, 3.63) is 114 Å². The molecule has 0 saturated carbocycles. The van der Waals surface area contributed by atoms with Crippen LogP contribution in [0.4, 0.5) is 10.1 Å². The van der Waals surface area contributed by atoms with Crippen molar-refractivity contribution in [3.8, 4) is 5.75 Å². The maximum Gasteiger partial charge on any atom is 0.340 e. The molecule has 5 nitrogen and oxygen atoms in total. The molecule has 0 aliphatic rings. The minimum Gasteiger partial charge on any atom is -0.542 e. The summed E-state index contributed by atoms with van der Waals surface area (Å²) in [4.78, 5) is 25.4. The third-order valence-electron chi connectivity index (χ3n) is 7.16. The molecule has 0 aliphatic carbocycles. The fourth-order valence-corrected chi connectivity index (χ4v) is 4.83. The molecule has 0 spiro atoms. The number of carbonyl (C=O) groups is 2. The fraction of sp³-hybridized carbons (Fsp3) is 0.212. The normalized spacial score (nSPS) is 11.9. The molecule has 0 atom stereocenters. The zero-order valence-corrected chi connectivity index (χ0v) is 24.5. The van der Waals surface area contributed by atoms with Crippen molar-refractivity contribution in [2.24, 2.45) is 0 Å². The SMILES string of the molecule is CC(C)(C)[Si](C)(C)Oc1ccc2cc(/C=C/C(=O)Nc3ccccc3C(=O)OCc3ccccc3)ccc2c1F. The summed E-state index contributed by atoms with van der Waals surface area (Å²) in [6.07, 6.45) is 3.02. The highest BCUT2D eigenvalue weighted by atomic mass is 28.4. The van der Waals surface area contributed by atoms with E-state index in [-0.39, 0.29) is 28.8 Å². The lowest BCUT2D eigenvalue weighted by Gasteiger charge is -2.36. The Kier molecular flexibility index (Phi) is 8.54. The van der Waals surface area contributed by atoms with Gasteiger partial charge in [0.1, 0.15) is 12.4 Å². The Morgan fingerprint density at radius 1 is 0.925 bits per heavy atom. The number of esters is 1. The van der Waals surface area contributed by atoms with Gasteiger partial charge in [0.2, 0.25) is 5.91 Å². The molecule has 4 aromatic rings. The number of ether oxygens (including phenoxy) is 1. The summed E-state index contributed by atoms with van der Waals surface area (Å²) in [6, 6.07) is 24.8. The topological polar surface area (TPSA) is 64.6 Å². The third kappa shape index (κ3) is 6.85. The van der Waals surface area contributed by atoms with E-state index in [1.165, 1.54) is 6.08 Å². The average molecular weight is 556 g/mol. The number of rotatable bonds is 8. The Balaban J connectivity index is 1.44. The Bertz CT molecular complexity index is 1560. The molecule has 0 saturated heterocycles. The zero-order chi connectivity index (χ0) is 28.9. The van der Waals surface area contributed by atoms with Crippen molar-refractivity contribution >= 4 is 42.7 Å². The van der Waals surface area contributed by atoms with E-state index in [1.54, 1.807) is 48.5 Å². The molecule has 0 bridgehead atoms. The summed E-state index contributed by atoms with van der Waals surface area (Å²) in [5.74, 6) is -1.06. The van der Waals surface area contributed by atoms with Crippen LogP contribution in [-0.2, 0) is 16.1 Å². The molecular formula is C33H34FNO4Si. The van der Waals surface area contributed by atoms with Gasteiger partial charge in [-0.15, -0.1) is 0 Å². The monoisotopic (exact) mass is 555 g/mol. The van der Waals surface area contributed by atoms with Gasteiger partial charge in [0.05, 0.1) is 11.3 Å². The first-order chi connectivity index (χ1) is 18.9. The van der Waals surface area contributed by atoms with Crippen LogP contribution in [0.15, 0.2) is 91.0 Å². The van der Waals surface area contributed by atoms with Crippen molar-refractivity contribution in [1.82, 2.24) is 0 Å². The Morgan fingerprint density at radius 3 is 2.35 bits per heavy atom. The van der Waals surface area contributed by atoms with Gasteiger partial charge >= 0.3 is 5.97 Å². The van der Waals surface area contributed by atoms with Crippen LogP contribution in [0.3, 0.4) is 0 Å². The van der Waals surface area contributed by atoms with Gasteiger partial charge in [-0.1, -0.05) is 81.4 Å². The first kappa shape index (κ1) is 28.8. The van der Waals surface area contributed by atoms with Crippen LogP contribution in [-0.4, -0.2) is 20.2 Å². The molecule has 0 aromatic heterocycles. The van der Waals surface area contributed by atoms with Gasteiger partial charge in [-0.2, -0.15) is 0 Å². The molecule has 40 heavy (non-hydrogen) atoms. The molecule has 0 unspecified atom stereocenters. The molecule has 1 amide bonds. The van der Waals surface area contributed by atoms with Crippen LogP contribution in [0, 0.1) is 5.82 Å². The molecule has 0 heterocycles. The number of anilines is 1. The Labute approximate surface area is 235 Å². The number of nitrogens with one attached hydrogen (secondary N) is 1. The average Bonchev–Trinajstić information content (AvgIpc) is 2.92. The fourth-order valence-electron chi connectivity index (χ4n) is 3.82. The van der Waals surface area contributed by atoms with E-state index in [9.17, 15) is 9.59 Å². The van der Waals surface area contributed by atoms with Crippen molar-refractivity contribution in [3.63, 3.8) is 0 Å². The lowest BCUT2D eigenvalue weighted by Crippen LogP contribution is -2.44. The molecule has 0 aliphatic heterocycles. The highest BCUT2D eigenvalue weighted by molar-refractivity contribution is 6.74. The summed E-state index contributed by atoms with van der Waals surface area (Å²) in [7, 11) is -2.19. The summed E-state index contributed by atoms with van der Waals surface area (Å²) >= 11 is 0. The van der Waals surface area contributed by atoms with Crippen LogP contribution < -0.4 is 9.74 Å². The standard InChI is InChI=1S/C33H34FNO4Si/c1-33(2,3)40(4,5)39-29-19-17-25-21-23(15-18-26(25)31(29)34)16-20-30(36)35-28-14-10-9-13-27(28)32(37)38-22-24-11-7-6-8-12-24/h6-21H,22H2,1-5H3,(H,35,36)/b20-16+. The van der Waals surface area contributed by atoms with Crippen LogP contribution in [0.5, 0.6) is 5.75 Å². The summed E-state index contributed by atoms with van der Waals surface area (Å²) in [5.41, 5.74) is 2.22. The summed E-state index contributed by atoms with van der Waals surface area (Å²) < 4.78 is 26.9. The number of fused-ring (bicyclic) bond motifs is 1. The number of hydrogen-bond donors (Lipinski definition) is 1. The maximum absolute atomic E-state index is 15.3.